The van der Waals surface area contributed by atoms with E-state index >= 15 is 0 Å². The monoisotopic (exact) mass is 290 g/mol. The molecule has 2 atom stereocenters. The molecule has 0 amide bonds. The molecule has 0 aliphatic heterocycles. The molecule has 0 bridgehead atoms. The topological polar surface area (TPSA) is 0 Å². The second kappa shape index (κ2) is 14.2. The van der Waals surface area contributed by atoms with Crippen molar-refractivity contribution in [1.29, 1.82) is 0 Å². The highest BCUT2D eigenvalue weighted by atomic mass is 14.2. The van der Waals surface area contributed by atoms with E-state index in [4.69, 9.17) is 0 Å². The fraction of sp³-hybridized carbons (Fsp3) is 0.714. The molecule has 0 aromatic heterocycles. The van der Waals surface area contributed by atoms with Gasteiger partial charge in [-0.2, -0.15) is 0 Å². The Morgan fingerprint density at radius 2 is 1.52 bits per heavy atom. The Hall–Kier alpha value is -0.780. The van der Waals surface area contributed by atoms with Gasteiger partial charge in [0.15, 0.2) is 0 Å². The van der Waals surface area contributed by atoms with E-state index in [9.17, 15) is 0 Å². The molecule has 0 N–H and O–H groups in total. The maximum Gasteiger partial charge on any atom is -0.0197 e. The quantitative estimate of drug-likeness (QED) is 0.230. The van der Waals surface area contributed by atoms with Gasteiger partial charge in [-0.3, -0.25) is 0 Å². The molecule has 0 aromatic carbocycles. The van der Waals surface area contributed by atoms with Gasteiger partial charge in [0.2, 0.25) is 0 Å². The van der Waals surface area contributed by atoms with Gasteiger partial charge in [0.05, 0.1) is 0 Å². The Bertz CT molecular complexity index is 284. The lowest BCUT2D eigenvalue weighted by molar-refractivity contribution is 0.531. The molecule has 0 aromatic rings. The van der Waals surface area contributed by atoms with Crippen LogP contribution in [0.15, 0.2) is 37.0 Å². The van der Waals surface area contributed by atoms with Crippen molar-refractivity contribution in [1.82, 2.24) is 0 Å². The predicted octanol–water partition coefficient (Wildman–Crippen LogP) is 7.48. The molecule has 0 saturated heterocycles. The predicted molar refractivity (Wildman–Crippen MR) is 98.6 cm³/mol. The third kappa shape index (κ3) is 11.5. The molecule has 0 aliphatic carbocycles. The Kier molecular flexibility index (Phi) is 13.6. The van der Waals surface area contributed by atoms with Crippen LogP contribution >= 0.6 is 0 Å². The zero-order chi connectivity index (χ0) is 15.9. The molecule has 0 aliphatic rings. The fourth-order valence-corrected chi connectivity index (χ4v) is 2.87. The minimum atomic E-state index is 0.648. The summed E-state index contributed by atoms with van der Waals surface area (Å²) in [6.45, 7) is 14.7. The molecule has 0 nitrogen and oxygen atoms in total. The summed E-state index contributed by atoms with van der Waals surface area (Å²) in [7, 11) is 0. The van der Waals surface area contributed by atoms with Crippen LogP contribution in [0.2, 0.25) is 0 Å². The van der Waals surface area contributed by atoms with Crippen molar-refractivity contribution in [3.8, 4) is 0 Å². The number of unbranched alkanes of at least 4 members (excludes halogenated alkanes) is 6. The summed E-state index contributed by atoms with van der Waals surface area (Å²) in [6, 6.07) is 0. The summed E-state index contributed by atoms with van der Waals surface area (Å²) in [4.78, 5) is 0. The zero-order valence-electron chi connectivity index (χ0n) is 14.9. The SMILES string of the molecule is C=CCC(C)CC(=CCCCCCCCC)C(C)CC=C. The number of hydrogen-bond acceptors (Lipinski definition) is 0. The van der Waals surface area contributed by atoms with Crippen LogP contribution in [0.4, 0.5) is 0 Å². The molecular formula is C21H38. The van der Waals surface area contributed by atoms with E-state index in [2.05, 4.69) is 46.1 Å². The van der Waals surface area contributed by atoms with Gasteiger partial charge in [-0.1, -0.05) is 76.7 Å². The second-order valence-corrected chi connectivity index (χ2v) is 6.59. The van der Waals surface area contributed by atoms with Crippen molar-refractivity contribution >= 4 is 0 Å². The van der Waals surface area contributed by atoms with E-state index in [1.165, 1.54) is 51.4 Å². The van der Waals surface area contributed by atoms with E-state index in [-0.39, 0.29) is 0 Å². The van der Waals surface area contributed by atoms with Crippen LogP contribution in [0.1, 0.15) is 85.0 Å². The first kappa shape index (κ1) is 20.2. The maximum atomic E-state index is 3.89. The van der Waals surface area contributed by atoms with Crippen LogP contribution in [-0.4, -0.2) is 0 Å². The van der Waals surface area contributed by atoms with Crippen molar-refractivity contribution in [3.05, 3.63) is 37.0 Å². The first-order chi connectivity index (χ1) is 10.2. The third-order valence-corrected chi connectivity index (χ3v) is 4.27. The van der Waals surface area contributed by atoms with E-state index < -0.39 is 0 Å². The molecule has 0 fully saturated rings. The van der Waals surface area contributed by atoms with Gasteiger partial charge >= 0.3 is 0 Å². The van der Waals surface area contributed by atoms with E-state index in [1.807, 2.05) is 6.08 Å². The van der Waals surface area contributed by atoms with Gasteiger partial charge in [-0.05, 0) is 43.9 Å². The highest BCUT2D eigenvalue weighted by molar-refractivity contribution is 5.08. The summed E-state index contributed by atoms with van der Waals surface area (Å²) in [5.74, 6) is 1.36. The summed E-state index contributed by atoms with van der Waals surface area (Å²) < 4.78 is 0. The molecule has 2 unspecified atom stereocenters. The van der Waals surface area contributed by atoms with Crippen LogP contribution in [0.25, 0.3) is 0 Å². The summed E-state index contributed by atoms with van der Waals surface area (Å²) in [5, 5.41) is 0. The molecule has 0 heterocycles. The van der Waals surface area contributed by atoms with E-state index in [1.54, 1.807) is 5.57 Å². The smallest absolute Gasteiger partial charge is 0.0197 e. The Labute approximate surface area is 134 Å². The molecule has 0 spiro atoms. The highest BCUT2D eigenvalue weighted by Crippen LogP contribution is 2.25. The molecule has 0 radical (unpaired) electrons. The van der Waals surface area contributed by atoms with Gasteiger partial charge in [0.25, 0.3) is 0 Å². The lowest BCUT2D eigenvalue weighted by atomic mass is 9.87. The van der Waals surface area contributed by atoms with Gasteiger partial charge in [-0.25, -0.2) is 0 Å². The molecule has 122 valence electrons. The summed E-state index contributed by atoms with van der Waals surface area (Å²) in [6.07, 6.45) is 19.6. The van der Waals surface area contributed by atoms with Crippen LogP contribution in [0.3, 0.4) is 0 Å². The van der Waals surface area contributed by atoms with Gasteiger partial charge in [0, 0.05) is 0 Å². The van der Waals surface area contributed by atoms with Crippen LogP contribution in [0.5, 0.6) is 0 Å². The molecule has 21 heavy (non-hydrogen) atoms. The molecule has 0 rings (SSSR count). The number of allylic oxidation sites excluding steroid dienone is 4. The third-order valence-electron chi connectivity index (χ3n) is 4.27. The summed E-state index contributed by atoms with van der Waals surface area (Å²) in [5.41, 5.74) is 1.64. The summed E-state index contributed by atoms with van der Waals surface area (Å²) >= 11 is 0. The van der Waals surface area contributed by atoms with Crippen molar-refractivity contribution in [3.63, 3.8) is 0 Å². The fourth-order valence-electron chi connectivity index (χ4n) is 2.87. The number of hydrogen-bond donors (Lipinski definition) is 0. The van der Waals surface area contributed by atoms with Crippen LogP contribution < -0.4 is 0 Å². The average molecular weight is 291 g/mol. The van der Waals surface area contributed by atoms with Crippen LogP contribution in [0, 0.1) is 11.8 Å². The first-order valence-electron chi connectivity index (χ1n) is 9.06. The van der Waals surface area contributed by atoms with Crippen molar-refractivity contribution in [2.75, 3.05) is 0 Å². The first-order valence-corrected chi connectivity index (χ1v) is 9.06. The minimum absolute atomic E-state index is 0.648. The van der Waals surface area contributed by atoms with E-state index in [0.717, 1.165) is 12.8 Å². The van der Waals surface area contributed by atoms with Gasteiger partial charge in [0.1, 0.15) is 0 Å². The normalized spacial score (nSPS) is 14.7. The lowest BCUT2D eigenvalue weighted by Crippen LogP contribution is -2.04. The largest absolute Gasteiger partial charge is 0.103 e. The Morgan fingerprint density at radius 3 is 2.14 bits per heavy atom. The molecule has 0 heteroatoms. The Balaban J connectivity index is 4.20. The number of rotatable bonds is 14. The molecule has 0 saturated carbocycles. The Morgan fingerprint density at radius 1 is 0.905 bits per heavy atom. The van der Waals surface area contributed by atoms with Gasteiger partial charge in [-0.15, -0.1) is 13.2 Å². The zero-order valence-corrected chi connectivity index (χ0v) is 14.9. The van der Waals surface area contributed by atoms with Crippen LogP contribution in [-0.2, 0) is 0 Å². The van der Waals surface area contributed by atoms with E-state index in [0.29, 0.717) is 11.8 Å². The molecular weight excluding hydrogens is 252 g/mol. The average Bonchev–Trinajstić information content (AvgIpc) is 2.45. The maximum absolute atomic E-state index is 3.89. The van der Waals surface area contributed by atoms with Crippen molar-refractivity contribution in [2.45, 2.75) is 85.0 Å². The highest BCUT2D eigenvalue weighted by Gasteiger charge is 2.10. The standard InChI is InChI=1S/C21H38/c1-6-9-10-11-12-13-14-17-21(20(5)16-8-3)18-19(4)15-7-2/h7-8,17,19-20H,2-3,6,9-16,18H2,1,4-5H3. The van der Waals surface area contributed by atoms with Gasteiger partial charge < -0.3 is 0 Å². The van der Waals surface area contributed by atoms with Crippen molar-refractivity contribution in [2.24, 2.45) is 11.8 Å². The minimum Gasteiger partial charge on any atom is -0.103 e. The second-order valence-electron chi connectivity index (χ2n) is 6.59. The van der Waals surface area contributed by atoms with Crippen molar-refractivity contribution < 1.29 is 0 Å². The lowest BCUT2D eigenvalue weighted by Gasteiger charge is -2.18.